The molecule has 0 aromatic heterocycles. The molecule has 0 bridgehead atoms. The number of aliphatic carboxylic acids is 1. The molecule has 23 heavy (non-hydrogen) atoms. The number of carbonyl (C=O) groups is 2. The van der Waals surface area contributed by atoms with E-state index in [-0.39, 0.29) is 24.7 Å². The van der Waals surface area contributed by atoms with Crippen LogP contribution in [0.25, 0.3) is 0 Å². The Morgan fingerprint density at radius 2 is 1.74 bits per heavy atom. The molecule has 0 aromatic rings. The highest BCUT2D eigenvalue weighted by molar-refractivity contribution is 5.73. The van der Waals surface area contributed by atoms with Crippen molar-refractivity contribution in [3.05, 3.63) is 0 Å². The molecule has 0 radical (unpaired) electrons. The minimum atomic E-state index is -0.847. The Bertz CT molecular complexity index is 458. The van der Waals surface area contributed by atoms with Crippen LogP contribution in [0.3, 0.4) is 0 Å². The average Bonchev–Trinajstić information content (AvgIpc) is 2.29. The summed E-state index contributed by atoms with van der Waals surface area (Å²) in [6.45, 7) is 11.6. The Morgan fingerprint density at radius 1 is 1.22 bits per heavy atom. The van der Waals surface area contributed by atoms with E-state index in [1.165, 1.54) is 0 Å². The van der Waals surface area contributed by atoms with E-state index in [0.29, 0.717) is 26.2 Å². The summed E-state index contributed by atoms with van der Waals surface area (Å²) in [7, 11) is 0. The van der Waals surface area contributed by atoms with Crippen molar-refractivity contribution < 1.29 is 24.2 Å². The highest BCUT2D eigenvalue weighted by Gasteiger charge is 2.52. The normalized spacial score (nSPS) is 28.1. The van der Waals surface area contributed by atoms with Crippen LogP contribution < -0.4 is 0 Å². The summed E-state index contributed by atoms with van der Waals surface area (Å²) >= 11 is 0. The van der Waals surface area contributed by atoms with Gasteiger partial charge in [0.05, 0.1) is 24.2 Å². The van der Waals surface area contributed by atoms with Gasteiger partial charge in [-0.25, -0.2) is 4.79 Å². The van der Waals surface area contributed by atoms with Crippen LogP contribution in [0.4, 0.5) is 4.79 Å². The first-order valence-electron chi connectivity index (χ1n) is 8.11. The molecule has 2 aliphatic heterocycles. The number of morpholine rings is 1. The van der Waals surface area contributed by atoms with Gasteiger partial charge in [0.25, 0.3) is 0 Å². The highest BCUT2D eigenvalue weighted by atomic mass is 16.6. The molecule has 0 aliphatic carbocycles. The van der Waals surface area contributed by atoms with Gasteiger partial charge in [0.2, 0.25) is 0 Å². The van der Waals surface area contributed by atoms with Crippen LogP contribution in [-0.4, -0.2) is 76.5 Å². The molecule has 2 fully saturated rings. The monoisotopic (exact) mass is 328 g/mol. The van der Waals surface area contributed by atoms with E-state index in [2.05, 4.69) is 4.90 Å². The second-order valence-corrected chi connectivity index (χ2v) is 7.79. The molecule has 1 N–H and O–H groups in total. The zero-order valence-corrected chi connectivity index (χ0v) is 14.7. The van der Waals surface area contributed by atoms with Gasteiger partial charge in [-0.05, 0) is 34.6 Å². The molecule has 0 saturated carbocycles. The molecule has 7 heteroatoms. The van der Waals surface area contributed by atoms with Gasteiger partial charge in [-0.2, -0.15) is 0 Å². The van der Waals surface area contributed by atoms with E-state index in [4.69, 9.17) is 9.47 Å². The zero-order valence-electron chi connectivity index (χ0n) is 14.7. The lowest BCUT2D eigenvalue weighted by Gasteiger charge is -2.57. The molecule has 2 heterocycles. The largest absolute Gasteiger partial charge is 0.481 e. The molecule has 132 valence electrons. The Hall–Kier alpha value is -1.34. The number of carboxylic acids is 1. The van der Waals surface area contributed by atoms with Crippen molar-refractivity contribution in [2.75, 3.05) is 26.2 Å². The summed E-state index contributed by atoms with van der Waals surface area (Å²) < 4.78 is 11.1. The van der Waals surface area contributed by atoms with E-state index in [1.807, 2.05) is 34.6 Å². The van der Waals surface area contributed by atoms with E-state index in [9.17, 15) is 14.7 Å². The third-order valence-corrected chi connectivity index (χ3v) is 4.19. The second-order valence-electron chi connectivity index (χ2n) is 7.79. The molecular formula is C16H28N2O5. The van der Waals surface area contributed by atoms with Crippen molar-refractivity contribution >= 4 is 12.1 Å². The van der Waals surface area contributed by atoms with Crippen molar-refractivity contribution in [2.45, 2.75) is 64.4 Å². The second kappa shape index (κ2) is 6.28. The number of carbonyl (C=O) groups excluding carboxylic acids is 1. The van der Waals surface area contributed by atoms with Gasteiger partial charge in [0, 0.05) is 26.2 Å². The smallest absolute Gasteiger partial charge is 0.410 e. The molecule has 2 aliphatic rings. The Kier molecular flexibility index (Phi) is 4.92. The number of rotatable bonds is 3. The quantitative estimate of drug-likeness (QED) is 0.847. The number of amides is 1. The summed E-state index contributed by atoms with van der Waals surface area (Å²) in [6, 6.07) is 0. The molecule has 2 unspecified atom stereocenters. The molecule has 2 saturated heterocycles. The van der Waals surface area contributed by atoms with Crippen LogP contribution in [-0.2, 0) is 14.3 Å². The highest BCUT2D eigenvalue weighted by Crippen LogP contribution is 2.34. The third-order valence-electron chi connectivity index (χ3n) is 4.19. The standard InChI is InChI=1S/C16H28N2O5/c1-11-7-18(8-12(2)22-11)16(6-13(19)20)9-17(10-16)14(21)23-15(3,4)5/h11-12H,6-10H2,1-5H3,(H,19,20). The van der Waals surface area contributed by atoms with Gasteiger partial charge in [-0.1, -0.05) is 0 Å². The SMILES string of the molecule is CC1CN(C2(CC(=O)O)CN(C(=O)OC(C)(C)C)C2)CC(C)O1. The molecule has 0 spiro atoms. The number of ether oxygens (including phenoxy) is 2. The first kappa shape index (κ1) is 18.0. The lowest BCUT2D eigenvalue weighted by molar-refractivity contribution is -0.159. The van der Waals surface area contributed by atoms with Crippen molar-refractivity contribution in [2.24, 2.45) is 0 Å². The topological polar surface area (TPSA) is 79.3 Å². The molecule has 0 aromatic carbocycles. The van der Waals surface area contributed by atoms with Crippen LogP contribution in [0.1, 0.15) is 41.0 Å². The summed E-state index contributed by atoms with van der Waals surface area (Å²) in [5, 5.41) is 9.30. The average molecular weight is 328 g/mol. The van der Waals surface area contributed by atoms with Crippen molar-refractivity contribution in [1.82, 2.24) is 9.80 Å². The Labute approximate surface area is 137 Å². The van der Waals surface area contributed by atoms with E-state index in [1.54, 1.807) is 4.90 Å². The van der Waals surface area contributed by atoms with E-state index < -0.39 is 17.1 Å². The van der Waals surface area contributed by atoms with Gasteiger partial charge < -0.3 is 19.5 Å². The van der Waals surface area contributed by atoms with Crippen molar-refractivity contribution in [3.63, 3.8) is 0 Å². The fourth-order valence-electron chi connectivity index (χ4n) is 3.39. The van der Waals surface area contributed by atoms with Gasteiger partial charge in [0.15, 0.2) is 0 Å². The number of hydrogen-bond acceptors (Lipinski definition) is 5. The maximum absolute atomic E-state index is 12.1. The lowest BCUT2D eigenvalue weighted by Crippen LogP contribution is -2.74. The number of hydrogen-bond donors (Lipinski definition) is 1. The van der Waals surface area contributed by atoms with Gasteiger partial charge >= 0.3 is 12.1 Å². The summed E-state index contributed by atoms with van der Waals surface area (Å²) in [5.74, 6) is -0.847. The number of likely N-dealkylation sites (tertiary alicyclic amines) is 1. The maximum Gasteiger partial charge on any atom is 0.410 e. The fraction of sp³-hybridized carbons (Fsp3) is 0.875. The summed E-state index contributed by atoms with van der Waals surface area (Å²) in [6.07, 6.45) is -0.251. The maximum atomic E-state index is 12.1. The minimum absolute atomic E-state index is 0.0196. The van der Waals surface area contributed by atoms with Crippen LogP contribution in [0.15, 0.2) is 0 Å². The third kappa shape index (κ3) is 4.35. The zero-order chi connectivity index (χ0) is 17.4. The molecule has 2 rings (SSSR count). The van der Waals surface area contributed by atoms with Gasteiger partial charge in [0.1, 0.15) is 5.60 Å². The van der Waals surface area contributed by atoms with Crippen LogP contribution in [0.5, 0.6) is 0 Å². The van der Waals surface area contributed by atoms with Crippen LogP contribution in [0, 0.1) is 0 Å². The first-order valence-corrected chi connectivity index (χ1v) is 8.11. The first-order chi connectivity index (χ1) is 10.5. The molecular weight excluding hydrogens is 300 g/mol. The van der Waals surface area contributed by atoms with E-state index in [0.717, 1.165) is 0 Å². The van der Waals surface area contributed by atoms with E-state index >= 15 is 0 Å². The fourth-order valence-corrected chi connectivity index (χ4v) is 3.39. The Morgan fingerprint density at radius 3 is 2.17 bits per heavy atom. The van der Waals surface area contributed by atoms with Crippen molar-refractivity contribution in [3.8, 4) is 0 Å². The summed E-state index contributed by atoms with van der Waals surface area (Å²) in [5.41, 5.74) is -1.07. The molecule has 1 amide bonds. The van der Waals surface area contributed by atoms with Gasteiger partial charge in [-0.15, -0.1) is 0 Å². The molecule has 2 atom stereocenters. The summed E-state index contributed by atoms with van der Waals surface area (Å²) in [4.78, 5) is 27.2. The predicted molar refractivity (Wildman–Crippen MR) is 84.4 cm³/mol. The van der Waals surface area contributed by atoms with Crippen LogP contribution in [0.2, 0.25) is 0 Å². The molecule has 7 nitrogen and oxygen atoms in total. The minimum Gasteiger partial charge on any atom is -0.481 e. The predicted octanol–water partition coefficient (Wildman–Crippen LogP) is 1.56. The number of nitrogens with zero attached hydrogens (tertiary/aromatic N) is 2. The lowest BCUT2D eigenvalue weighted by atomic mass is 9.83. The van der Waals surface area contributed by atoms with Crippen LogP contribution >= 0.6 is 0 Å². The number of carboxylic acid groups (broad SMARTS) is 1. The van der Waals surface area contributed by atoms with Crippen molar-refractivity contribution in [1.29, 1.82) is 0 Å². The Balaban J connectivity index is 2.06. The van der Waals surface area contributed by atoms with Gasteiger partial charge in [-0.3, -0.25) is 9.69 Å².